The highest BCUT2D eigenvalue weighted by atomic mass is 16.5. The quantitative estimate of drug-likeness (QED) is 0.893. The van der Waals surface area contributed by atoms with E-state index in [4.69, 9.17) is 4.74 Å². The Kier molecular flexibility index (Phi) is 2.84. The van der Waals surface area contributed by atoms with E-state index in [2.05, 4.69) is 39.6 Å². The summed E-state index contributed by atoms with van der Waals surface area (Å²) >= 11 is 0. The average Bonchev–Trinajstić information content (AvgIpc) is 3.19. The first-order chi connectivity index (χ1) is 8.86. The lowest BCUT2D eigenvalue weighted by Gasteiger charge is -2.06. The van der Waals surface area contributed by atoms with Crippen LogP contribution in [-0.2, 0) is 0 Å². The van der Waals surface area contributed by atoms with Crippen molar-refractivity contribution in [2.75, 3.05) is 12.4 Å². The molecule has 4 nitrogen and oxygen atoms in total. The standard InChI is InChI=1S/C14H15N3O/c1-18-14-8-13(15-9-16-14)17-12-7-11(12)10-5-3-2-4-6-10/h2-6,8-9,11-12H,7H2,1H3,(H,15,16,17). The third-order valence-electron chi connectivity index (χ3n) is 3.20. The van der Waals surface area contributed by atoms with Gasteiger partial charge in [-0.3, -0.25) is 0 Å². The van der Waals surface area contributed by atoms with Crippen molar-refractivity contribution in [3.63, 3.8) is 0 Å². The fraction of sp³-hybridized carbons (Fsp3) is 0.286. The maximum Gasteiger partial charge on any atom is 0.218 e. The second-order valence-corrected chi connectivity index (χ2v) is 4.45. The summed E-state index contributed by atoms with van der Waals surface area (Å²) in [5.41, 5.74) is 1.39. The van der Waals surface area contributed by atoms with Crippen LogP contribution < -0.4 is 10.1 Å². The van der Waals surface area contributed by atoms with Crippen LogP contribution in [0.2, 0.25) is 0 Å². The average molecular weight is 241 g/mol. The molecule has 0 saturated heterocycles. The molecule has 1 saturated carbocycles. The Balaban J connectivity index is 1.65. The smallest absolute Gasteiger partial charge is 0.218 e. The van der Waals surface area contributed by atoms with E-state index in [-0.39, 0.29) is 0 Å². The highest BCUT2D eigenvalue weighted by Gasteiger charge is 2.38. The van der Waals surface area contributed by atoms with Crippen LogP contribution in [0.3, 0.4) is 0 Å². The zero-order chi connectivity index (χ0) is 12.4. The minimum atomic E-state index is 0.465. The molecule has 4 heteroatoms. The van der Waals surface area contributed by atoms with Crippen molar-refractivity contribution in [1.29, 1.82) is 0 Å². The predicted molar refractivity (Wildman–Crippen MR) is 69.8 cm³/mol. The number of nitrogens with one attached hydrogen (secondary N) is 1. The highest BCUT2D eigenvalue weighted by molar-refractivity contribution is 5.43. The fourth-order valence-electron chi connectivity index (χ4n) is 2.14. The Morgan fingerprint density at radius 2 is 2.06 bits per heavy atom. The lowest BCUT2D eigenvalue weighted by molar-refractivity contribution is 0.397. The van der Waals surface area contributed by atoms with E-state index in [1.807, 2.05) is 12.1 Å². The van der Waals surface area contributed by atoms with Gasteiger partial charge in [0.05, 0.1) is 7.11 Å². The van der Waals surface area contributed by atoms with Gasteiger partial charge in [-0.1, -0.05) is 30.3 Å². The van der Waals surface area contributed by atoms with Crippen LogP contribution in [0.1, 0.15) is 17.9 Å². The second-order valence-electron chi connectivity index (χ2n) is 4.45. The van der Waals surface area contributed by atoms with Crippen LogP contribution in [0, 0.1) is 0 Å². The van der Waals surface area contributed by atoms with Crippen molar-refractivity contribution in [3.05, 3.63) is 48.3 Å². The van der Waals surface area contributed by atoms with Gasteiger partial charge in [0.2, 0.25) is 5.88 Å². The van der Waals surface area contributed by atoms with Gasteiger partial charge in [0.1, 0.15) is 12.1 Å². The summed E-state index contributed by atoms with van der Waals surface area (Å²) in [5.74, 6) is 2.00. The van der Waals surface area contributed by atoms with Gasteiger partial charge in [-0.2, -0.15) is 0 Å². The number of benzene rings is 1. The van der Waals surface area contributed by atoms with Crippen LogP contribution in [0.15, 0.2) is 42.7 Å². The molecule has 1 fully saturated rings. The molecule has 0 amide bonds. The molecule has 0 spiro atoms. The summed E-state index contributed by atoms with van der Waals surface area (Å²) < 4.78 is 5.08. The van der Waals surface area contributed by atoms with E-state index in [1.165, 1.54) is 11.9 Å². The molecule has 1 aliphatic rings. The zero-order valence-corrected chi connectivity index (χ0v) is 10.2. The van der Waals surface area contributed by atoms with Gasteiger partial charge in [0, 0.05) is 18.0 Å². The lowest BCUT2D eigenvalue weighted by Crippen LogP contribution is -2.06. The third-order valence-corrected chi connectivity index (χ3v) is 3.20. The van der Waals surface area contributed by atoms with Gasteiger partial charge in [0.25, 0.3) is 0 Å². The van der Waals surface area contributed by atoms with Gasteiger partial charge in [-0.25, -0.2) is 9.97 Å². The Morgan fingerprint density at radius 3 is 2.83 bits per heavy atom. The van der Waals surface area contributed by atoms with E-state index < -0.39 is 0 Å². The molecule has 2 aromatic rings. The second kappa shape index (κ2) is 4.64. The Labute approximate surface area is 106 Å². The summed E-state index contributed by atoms with van der Waals surface area (Å²) in [6.45, 7) is 0. The van der Waals surface area contributed by atoms with Crippen molar-refractivity contribution in [3.8, 4) is 5.88 Å². The van der Waals surface area contributed by atoms with Gasteiger partial charge in [0.15, 0.2) is 0 Å². The Bertz CT molecular complexity index is 530. The van der Waals surface area contributed by atoms with Gasteiger partial charge in [-0.15, -0.1) is 0 Å². The normalized spacial score (nSPS) is 21.4. The number of hydrogen-bond donors (Lipinski definition) is 1. The minimum Gasteiger partial charge on any atom is -0.481 e. The number of hydrogen-bond acceptors (Lipinski definition) is 4. The van der Waals surface area contributed by atoms with Crippen LogP contribution in [0.5, 0.6) is 5.88 Å². The molecule has 0 aliphatic heterocycles. The van der Waals surface area contributed by atoms with Crippen molar-refractivity contribution in [2.45, 2.75) is 18.4 Å². The summed E-state index contributed by atoms with van der Waals surface area (Å²) in [5, 5.41) is 3.41. The summed E-state index contributed by atoms with van der Waals surface area (Å²) in [6.07, 6.45) is 2.66. The molecule has 0 radical (unpaired) electrons. The molecule has 2 atom stereocenters. The van der Waals surface area contributed by atoms with Gasteiger partial charge in [-0.05, 0) is 12.0 Å². The SMILES string of the molecule is COc1cc(NC2CC2c2ccccc2)ncn1. The van der Waals surface area contributed by atoms with Crippen molar-refractivity contribution in [2.24, 2.45) is 0 Å². The number of anilines is 1. The molecule has 0 bridgehead atoms. The predicted octanol–water partition coefficient (Wildman–Crippen LogP) is 2.45. The Hall–Kier alpha value is -2.10. The lowest BCUT2D eigenvalue weighted by atomic mass is 10.1. The van der Waals surface area contributed by atoms with Crippen LogP contribution in [0.25, 0.3) is 0 Å². The first-order valence-corrected chi connectivity index (χ1v) is 6.04. The largest absolute Gasteiger partial charge is 0.481 e. The third kappa shape index (κ3) is 2.27. The van der Waals surface area contributed by atoms with Crippen molar-refractivity contribution >= 4 is 5.82 Å². The van der Waals surface area contributed by atoms with Gasteiger partial charge >= 0.3 is 0 Å². The molecule has 18 heavy (non-hydrogen) atoms. The summed E-state index contributed by atoms with van der Waals surface area (Å²) in [7, 11) is 1.61. The van der Waals surface area contributed by atoms with Gasteiger partial charge < -0.3 is 10.1 Å². The molecular formula is C14H15N3O. The molecule has 92 valence electrons. The molecule has 1 heterocycles. The highest BCUT2D eigenvalue weighted by Crippen LogP contribution is 2.42. The zero-order valence-electron chi connectivity index (χ0n) is 10.2. The molecule has 3 rings (SSSR count). The van der Waals surface area contributed by atoms with E-state index in [1.54, 1.807) is 7.11 Å². The monoisotopic (exact) mass is 241 g/mol. The summed E-state index contributed by atoms with van der Waals surface area (Å²) in [6, 6.07) is 12.8. The molecule has 2 unspecified atom stereocenters. The number of ether oxygens (including phenoxy) is 1. The summed E-state index contributed by atoms with van der Waals surface area (Å²) in [4.78, 5) is 8.18. The number of aromatic nitrogens is 2. The molecule has 1 aromatic carbocycles. The van der Waals surface area contributed by atoms with E-state index >= 15 is 0 Å². The molecule has 1 aliphatic carbocycles. The maximum absolute atomic E-state index is 5.08. The minimum absolute atomic E-state index is 0.465. The first kappa shape index (κ1) is 11.0. The molecule has 1 N–H and O–H groups in total. The first-order valence-electron chi connectivity index (χ1n) is 6.04. The topological polar surface area (TPSA) is 47.0 Å². The van der Waals surface area contributed by atoms with Crippen LogP contribution >= 0.6 is 0 Å². The molecule has 1 aromatic heterocycles. The number of methoxy groups -OCH3 is 1. The van der Waals surface area contributed by atoms with Crippen molar-refractivity contribution < 1.29 is 4.74 Å². The van der Waals surface area contributed by atoms with Crippen molar-refractivity contribution in [1.82, 2.24) is 9.97 Å². The van der Waals surface area contributed by atoms with Crippen LogP contribution in [-0.4, -0.2) is 23.1 Å². The van der Waals surface area contributed by atoms with E-state index in [0.717, 1.165) is 12.2 Å². The van der Waals surface area contributed by atoms with Crippen LogP contribution in [0.4, 0.5) is 5.82 Å². The fourth-order valence-corrected chi connectivity index (χ4v) is 2.14. The number of nitrogens with zero attached hydrogens (tertiary/aromatic N) is 2. The number of rotatable bonds is 4. The van der Waals surface area contributed by atoms with E-state index in [9.17, 15) is 0 Å². The Morgan fingerprint density at radius 1 is 1.22 bits per heavy atom. The van der Waals surface area contributed by atoms with E-state index in [0.29, 0.717) is 17.8 Å². The molecular weight excluding hydrogens is 226 g/mol. The maximum atomic E-state index is 5.08.